The van der Waals surface area contributed by atoms with Crippen molar-refractivity contribution < 1.29 is 24.0 Å². The number of anilines is 2. The predicted molar refractivity (Wildman–Crippen MR) is 143 cm³/mol. The molecule has 10 nitrogen and oxygen atoms in total. The van der Waals surface area contributed by atoms with E-state index < -0.39 is 46.6 Å². The van der Waals surface area contributed by atoms with E-state index in [0.717, 1.165) is 22.1 Å². The molecular weight excluding hydrogens is 524 g/mol. The van der Waals surface area contributed by atoms with Gasteiger partial charge < -0.3 is 15.0 Å². The fourth-order valence-corrected chi connectivity index (χ4v) is 5.98. The maximum Gasteiger partial charge on any atom is 0.289 e. The Morgan fingerprint density at radius 2 is 1.74 bits per heavy atom. The van der Waals surface area contributed by atoms with E-state index in [0.29, 0.717) is 11.4 Å². The van der Waals surface area contributed by atoms with Gasteiger partial charge >= 0.3 is 0 Å². The number of carbonyl (C=O) groups is 3. The topological polar surface area (TPSA) is 122 Å². The largest absolute Gasteiger partial charge is 0.497 e. The van der Waals surface area contributed by atoms with E-state index in [1.807, 2.05) is 30.3 Å². The van der Waals surface area contributed by atoms with Crippen LogP contribution in [0.15, 0.2) is 72.9 Å². The Hall–Kier alpha value is -4.70. The third-order valence-corrected chi connectivity index (χ3v) is 7.79. The van der Waals surface area contributed by atoms with Gasteiger partial charge in [0.2, 0.25) is 17.7 Å². The van der Waals surface area contributed by atoms with Crippen LogP contribution in [-0.4, -0.2) is 40.7 Å². The van der Waals surface area contributed by atoms with Gasteiger partial charge in [0.25, 0.3) is 5.69 Å². The van der Waals surface area contributed by atoms with E-state index in [9.17, 15) is 24.5 Å². The number of hydrogen-bond donors (Lipinski definition) is 1. The normalized spacial score (nSPS) is 22.8. The van der Waals surface area contributed by atoms with E-state index >= 15 is 0 Å². The molecule has 3 aliphatic rings. The zero-order chi connectivity index (χ0) is 27.4. The number of carbonyl (C=O) groups excluding carboxylic acids is 3. The first-order valence-corrected chi connectivity index (χ1v) is 12.5. The van der Waals surface area contributed by atoms with Gasteiger partial charge in [0.15, 0.2) is 0 Å². The number of rotatable bonds is 5. The standard InChI is InChI=1S/C28H21ClN4O6/c1-39-18-9-7-17(8-10-18)32-27(35)22-23(28(32)36)25(31-13-12-15-4-2-3-5-19(15)24(22)31)26(34)30-16-6-11-20(29)21(14-16)33(37)38/h2-14,22-25H,1H3,(H,30,34)/t22-,23+,24-,25+/m0/s1. The molecule has 196 valence electrons. The molecule has 6 rings (SSSR count). The number of methoxy groups -OCH3 is 1. The maximum absolute atomic E-state index is 13.9. The number of amides is 3. The second-order valence-electron chi connectivity index (χ2n) is 9.46. The first-order chi connectivity index (χ1) is 18.8. The average Bonchev–Trinajstić information content (AvgIpc) is 3.42. The molecular formula is C28H21ClN4O6. The SMILES string of the molecule is COc1ccc(N2C(=O)[C@@H]3[C@H](C2=O)[C@@H]2c4ccccc4C=CN2[C@H]3C(=O)Nc2ccc(Cl)c([N+](=O)[O-])c2)cc1. The van der Waals surface area contributed by atoms with Gasteiger partial charge in [0.05, 0.1) is 35.6 Å². The van der Waals surface area contributed by atoms with Crippen molar-refractivity contribution in [1.29, 1.82) is 0 Å². The van der Waals surface area contributed by atoms with Gasteiger partial charge in [-0.15, -0.1) is 0 Å². The molecule has 2 fully saturated rings. The molecule has 11 heteroatoms. The molecule has 4 atom stereocenters. The Morgan fingerprint density at radius 3 is 2.46 bits per heavy atom. The summed E-state index contributed by atoms with van der Waals surface area (Å²) in [6.45, 7) is 0. The monoisotopic (exact) mass is 544 g/mol. The van der Waals surface area contributed by atoms with E-state index in [4.69, 9.17) is 16.3 Å². The molecule has 0 spiro atoms. The van der Waals surface area contributed by atoms with Crippen molar-refractivity contribution in [2.45, 2.75) is 12.1 Å². The van der Waals surface area contributed by atoms with Crippen molar-refractivity contribution in [1.82, 2.24) is 4.90 Å². The second-order valence-corrected chi connectivity index (χ2v) is 9.86. The molecule has 0 aromatic heterocycles. The van der Waals surface area contributed by atoms with E-state index in [-0.39, 0.29) is 16.4 Å². The van der Waals surface area contributed by atoms with E-state index in [1.165, 1.54) is 19.2 Å². The van der Waals surface area contributed by atoms with Gasteiger partial charge in [0, 0.05) is 18.0 Å². The molecule has 2 saturated heterocycles. The van der Waals surface area contributed by atoms with Crippen LogP contribution in [0.3, 0.4) is 0 Å². The van der Waals surface area contributed by atoms with Crippen molar-refractivity contribution in [2.24, 2.45) is 11.8 Å². The van der Waals surface area contributed by atoms with Crippen molar-refractivity contribution >= 4 is 52.5 Å². The van der Waals surface area contributed by atoms with Gasteiger partial charge in [-0.05, 0) is 53.6 Å². The number of imide groups is 1. The first-order valence-electron chi connectivity index (χ1n) is 12.1. The molecule has 1 N–H and O–H groups in total. The van der Waals surface area contributed by atoms with Gasteiger partial charge in [-0.3, -0.25) is 24.5 Å². The molecule has 39 heavy (non-hydrogen) atoms. The minimum atomic E-state index is -1.04. The number of fused-ring (bicyclic) bond motifs is 5. The summed E-state index contributed by atoms with van der Waals surface area (Å²) in [5.74, 6) is -2.68. The molecule has 3 aromatic rings. The van der Waals surface area contributed by atoms with Crippen molar-refractivity contribution in [3.05, 3.63) is 99.2 Å². The smallest absolute Gasteiger partial charge is 0.289 e. The van der Waals surface area contributed by atoms with Crippen molar-refractivity contribution in [3.63, 3.8) is 0 Å². The molecule has 0 aliphatic carbocycles. The van der Waals surface area contributed by atoms with Crippen LogP contribution >= 0.6 is 11.6 Å². The zero-order valence-corrected chi connectivity index (χ0v) is 21.2. The minimum absolute atomic E-state index is 0.0683. The number of hydrogen-bond acceptors (Lipinski definition) is 7. The summed E-state index contributed by atoms with van der Waals surface area (Å²) in [4.78, 5) is 55.2. The third-order valence-electron chi connectivity index (χ3n) is 7.47. The second kappa shape index (κ2) is 9.25. The maximum atomic E-state index is 13.9. The fourth-order valence-electron chi connectivity index (χ4n) is 5.79. The molecule has 3 amide bonds. The Kier molecular flexibility index (Phi) is 5.84. The first kappa shape index (κ1) is 24.6. The highest BCUT2D eigenvalue weighted by atomic mass is 35.5. The molecule has 3 aromatic carbocycles. The quantitative estimate of drug-likeness (QED) is 0.287. The van der Waals surface area contributed by atoms with Crippen molar-refractivity contribution in [3.8, 4) is 5.75 Å². The molecule has 0 saturated carbocycles. The summed E-state index contributed by atoms with van der Waals surface area (Å²) < 4.78 is 5.20. The molecule has 3 heterocycles. The highest BCUT2D eigenvalue weighted by Crippen LogP contribution is 2.53. The third kappa shape index (κ3) is 3.83. The van der Waals surface area contributed by atoms with Crippen LogP contribution in [0.5, 0.6) is 5.75 Å². The number of ether oxygens (including phenoxy) is 1. The molecule has 3 aliphatic heterocycles. The van der Waals surface area contributed by atoms with Gasteiger partial charge in [-0.2, -0.15) is 0 Å². The summed E-state index contributed by atoms with van der Waals surface area (Å²) in [7, 11) is 1.52. The number of benzene rings is 3. The number of nitro benzene ring substituents is 1. The van der Waals surface area contributed by atoms with Crippen LogP contribution < -0.4 is 15.0 Å². The fraction of sp³-hybridized carbons (Fsp3) is 0.179. The van der Waals surface area contributed by atoms with Gasteiger partial charge in [0.1, 0.15) is 16.8 Å². The lowest BCUT2D eigenvalue weighted by Crippen LogP contribution is -2.46. The lowest BCUT2D eigenvalue weighted by atomic mass is 9.84. The Labute approximate surface area is 227 Å². The Bertz CT molecular complexity index is 1570. The highest BCUT2D eigenvalue weighted by Gasteiger charge is 2.64. The highest BCUT2D eigenvalue weighted by molar-refractivity contribution is 6.32. The number of halogens is 1. The summed E-state index contributed by atoms with van der Waals surface area (Å²) in [6.07, 6.45) is 3.58. The summed E-state index contributed by atoms with van der Waals surface area (Å²) in [5, 5.41) is 14.0. The van der Waals surface area contributed by atoms with E-state index in [1.54, 1.807) is 35.4 Å². The summed E-state index contributed by atoms with van der Waals surface area (Å²) >= 11 is 5.93. The number of nitro groups is 1. The molecule has 0 radical (unpaired) electrons. The Balaban J connectivity index is 1.41. The summed E-state index contributed by atoms with van der Waals surface area (Å²) in [6, 6.07) is 16.5. The van der Waals surface area contributed by atoms with Crippen LogP contribution in [0.2, 0.25) is 5.02 Å². The zero-order valence-electron chi connectivity index (χ0n) is 20.5. The van der Waals surface area contributed by atoms with Gasteiger partial charge in [-0.25, -0.2) is 4.90 Å². The van der Waals surface area contributed by atoms with Gasteiger partial charge in [-0.1, -0.05) is 35.9 Å². The van der Waals surface area contributed by atoms with Crippen LogP contribution in [0.4, 0.5) is 17.1 Å². The molecule has 0 unspecified atom stereocenters. The number of nitrogens with one attached hydrogen (secondary N) is 1. The lowest BCUT2D eigenvalue weighted by molar-refractivity contribution is -0.384. The van der Waals surface area contributed by atoms with Crippen LogP contribution in [0, 0.1) is 22.0 Å². The molecule has 0 bridgehead atoms. The number of nitrogens with zero attached hydrogens (tertiary/aromatic N) is 3. The van der Waals surface area contributed by atoms with Crippen LogP contribution in [0.25, 0.3) is 6.08 Å². The van der Waals surface area contributed by atoms with E-state index in [2.05, 4.69) is 5.32 Å². The Morgan fingerprint density at radius 1 is 1.03 bits per heavy atom. The average molecular weight is 545 g/mol. The van der Waals surface area contributed by atoms with Crippen LogP contribution in [0.1, 0.15) is 17.2 Å². The minimum Gasteiger partial charge on any atom is -0.497 e. The van der Waals surface area contributed by atoms with Crippen molar-refractivity contribution in [2.75, 3.05) is 17.3 Å². The van der Waals surface area contributed by atoms with Crippen LogP contribution in [-0.2, 0) is 14.4 Å². The predicted octanol–water partition coefficient (Wildman–Crippen LogP) is 4.41. The summed E-state index contributed by atoms with van der Waals surface area (Å²) in [5.41, 5.74) is 1.92. The lowest BCUT2D eigenvalue weighted by Gasteiger charge is -2.35.